The summed E-state index contributed by atoms with van der Waals surface area (Å²) in [5, 5.41) is 1.02. The summed E-state index contributed by atoms with van der Waals surface area (Å²) in [6, 6.07) is 0. The van der Waals surface area contributed by atoms with Gasteiger partial charge in [0.25, 0.3) is 0 Å². The molecule has 1 aliphatic heterocycles. The summed E-state index contributed by atoms with van der Waals surface area (Å²) >= 11 is 1.47. The maximum Gasteiger partial charge on any atom is 0.232 e. The first-order chi connectivity index (χ1) is 9.81. The van der Waals surface area contributed by atoms with Gasteiger partial charge in [-0.3, -0.25) is 4.98 Å². The molecule has 1 atom stereocenters. The topological polar surface area (TPSA) is 64.0 Å². The number of anilines is 1. The Labute approximate surface area is 122 Å². The molecule has 0 spiro atoms. The third kappa shape index (κ3) is 3.22. The van der Waals surface area contributed by atoms with Gasteiger partial charge in [0.05, 0.1) is 12.8 Å². The van der Waals surface area contributed by atoms with Crippen LogP contribution in [0.2, 0.25) is 0 Å². The molecule has 2 aromatic rings. The van der Waals surface area contributed by atoms with E-state index >= 15 is 0 Å². The molecule has 0 bridgehead atoms. The van der Waals surface area contributed by atoms with Gasteiger partial charge in [-0.25, -0.2) is 9.97 Å². The monoisotopic (exact) mass is 291 g/mol. The second-order valence-electron chi connectivity index (χ2n) is 4.93. The normalized spacial score (nSPS) is 19.1. The molecule has 1 saturated heterocycles. The third-order valence-corrected chi connectivity index (χ3v) is 4.18. The molecule has 0 amide bonds. The summed E-state index contributed by atoms with van der Waals surface area (Å²) in [6.07, 6.45) is 7.27. The van der Waals surface area contributed by atoms with Crippen LogP contribution in [0.5, 0.6) is 5.88 Å². The molecule has 20 heavy (non-hydrogen) atoms. The van der Waals surface area contributed by atoms with Crippen molar-refractivity contribution < 1.29 is 4.74 Å². The summed E-state index contributed by atoms with van der Waals surface area (Å²) in [4.78, 5) is 14.9. The maximum atomic E-state index is 5.70. The number of ether oxygens (including phenoxy) is 1. The van der Waals surface area contributed by atoms with Crippen LogP contribution in [0.15, 0.2) is 18.6 Å². The van der Waals surface area contributed by atoms with Crippen LogP contribution in [0.25, 0.3) is 0 Å². The van der Waals surface area contributed by atoms with Crippen LogP contribution < -0.4 is 9.64 Å². The van der Waals surface area contributed by atoms with E-state index in [9.17, 15) is 0 Å². The van der Waals surface area contributed by atoms with Crippen molar-refractivity contribution in [2.24, 2.45) is 5.92 Å². The van der Waals surface area contributed by atoms with E-state index in [1.54, 1.807) is 18.6 Å². The van der Waals surface area contributed by atoms with Crippen LogP contribution in [0, 0.1) is 12.8 Å². The Morgan fingerprint density at radius 3 is 3.15 bits per heavy atom. The number of aryl methyl sites for hydroxylation is 1. The van der Waals surface area contributed by atoms with Crippen molar-refractivity contribution >= 4 is 16.7 Å². The number of piperidine rings is 1. The van der Waals surface area contributed by atoms with Crippen molar-refractivity contribution in [3.8, 4) is 5.88 Å². The number of aromatic nitrogens is 4. The Hall–Kier alpha value is -1.76. The second kappa shape index (κ2) is 6.13. The molecule has 0 saturated carbocycles. The van der Waals surface area contributed by atoms with Gasteiger partial charge in [-0.05, 0) is 19.8 Å². The van der Waals surface area contributed by atoms with Gasteiger partial charge in [-0.15, -0.1) is 0 Å². The summed E-state index contributed by atoms with van der Waals surface area (Å²) in [7, 11) is 0. The van der Waals surface area contributed by atoms with Crippen molar-refractivity contribution in [3.63, 3.8) is 0 Å². The summed E-state index contributed by atoms with van der Waals surface area (Å²) in [6.45, 7) is 4.62. The van der Waals surface area contributed by atoms with Crippen molar-refractivity contribution in [1.29, 1.82) is 0 Å². The highest BCUT2D eigenvalue weighted by atomic mass is 32.1. The van der Waals surface area contributed by atoms with E-state index in [1.165, 1.54) is 18.0 Å². The molecule has 0 aromatic carbocycles. The first kappa shape index (κ1) is 13.2. The first-order valence-electron chi connectivity index (χ1n) is 6.75. The molecule has 2 aromatic heterocycles. The molecular formula is C13H17N5OS. The Morgan fingerprint density at radius 2 is 2.40 bits per heavy atom. The summed E-state index contributed by atoms with van der Waals surface area (Å²) < 4.78 is 9.95. The zero-order valence-electron chi connectivity index (χ0n) is 11.4. The molecule has 0 aliphatic carbocycles. The van der Waals surface area contributed by atoms with Crippen LogP contribution in [-0.2, 0) is 0 Å². The fraction of sp³-hybridized carbons (Fsp3) is 0.538. The standard InChI is InChI=1S/C13H17N5OS/c1-10-16-13(20-17-10)18-6-2-3-11(8-18)9-19-12-7-14-4-5-15-12/h4-5,7,11H,2-3,6,8-9H2,1H3. The zero-order chi connectivity index (χ0) is 13.8. The average Bonchev–Trinajstić information content (AvgIpc) is 2.93. The van der Waals surface area contributed by atoms with Crippen LogP contribution in [0.4, 0.5) is 5.13 Å². The minimum absolute atomic E-state index is 0.495. The van der Waals surface area contributed by atoms with Gasteiger partial charge < -0.3 is 9.64 Å². The average molecular weight is 291 g/mol. The fourth-order valence-electron chi connectivity index (χ4n) is 2.35. The highest BCUT2D eigenvalue weighted by Crippen LogP contribution is 2.24. The van der Waals surface area contributed by atoms with E-state index < -0.39 is 0 Å². The van der Waals surface area contributed by atoms with Crippen LogP contribution >= 0.6 is 11.5 Å². The highest BCUT2D eigenvalue weighted by Gasteiger charge is 2.22. The molecule has 0 radical (unpaired) electrons. The molecule has 1 unspecified atom stereocenters. The third-order valence-electron chi connectivity index (χ3n) is 3.31. The summed E-state index contributed by atoms with van der Waals surface area (Å²) in [5.74, 6) is 1.94. The van der Waals surface area contributed by atoms with Gasteiger partial charge in [0, 0.05) is 42.9 Å². The minimum atomic E-state index is 0.495. The smallest absolute Gasteiger partial charge is 0.232 e. The SMILES string of the molecule is Cc1nsc(N2CCCC(COc3cnccn3)C2)n1. The fourth-order valence-corrected chi connectivity index (χ4v) is 3.06. The molecule has 3 heterocycles. The minimum Gasteiger partial charge on any atom is -0.476 e. The first-order valence-corrected chi connectivity index (χ1v) is 7.52. The maximum absolute atomic E-state index is 5.70. The quantitative estimate of drug-likeness (QED) is 0.857. The van der Waals surface area contributed by atoms with Gasteiger partial charge in [0.2, 0.25) is 11.0 Å². The van der Waals surface area contributed by atoms with Crippen molar-refractivity contribution in [2.45, 2.75) is 19.8 Å². The lowest BCUT2D eigenvalue weighted by molar-refractivity contribution is 0.221. The molecule has 3 rings (SSSR count). The summed E-state index contributed by atoms with van der Waals surface area (Å²) in [5.41, 5.74) is 0. The van der Waals surface area contributed by atoms with Gasteiger partial charge in [0.15, 0.2) is 0 Å². The Kier molecular flexibility index (Phi) is 4.05. The molecule has 1 fully saturated rings. The molecule has 7 heteroatoms. The zero-order valence-corrected chi connectivity index (χ0v) is 12.2. The van der Waals surface area contributed by atoms with E-state index in [1.807, 2.05) is 6.92 Å². The van der Waals surface area contributed by atoms with E-state index in [0.29, 0.717) is 18.4 Å². The lowest BCUT2D eigenvalue weighted by atomic mass is 9.99. The van der Waals surface area contributed by atoms with Gasteiger partial charge in [-0.1, -0.05) is 0 Å². The molecule has 1 aliphatic rings. The highest BCUT2D eigenvalue weighted by molar-refractivity contribution is 7.09. The van der Waals surface area contributed by atoms with E-state index in [-0.39, 0.29) is 0 Å². The number of hydrogen-bond donors (Lipinski definition) is 0. The van der Waals surface area contributed by atoms with Gasteiger partial charge >= 0.3 is 0 Å². The molecule has 6 nitrogen and oxygen atoms in total. The van der Waals surface area contributed by atoms with Gasteiger partial charge in [0.1, 0.15) is 5.82 Å². The van der Waals surface area contributed by atoms with Crippen molar-refractivity contribution in [2.75, 3.05) is 24.6 Å². The Morgan fingerprint density at radius 1 is 1.45 bits per heavy atom. The number of rotatable bonds is 4. The molecule has 106 valence electrons. The van der Waals surface area contributed by atoms with E-state index in [2.05, 4.69) is 24.2 Å². The Balaban J connectivity index is 1.55. The number of nitrogens with zero attached hydrogens (tertiary/aromatic N) is 5. The van der Waals surface area contributed by atoms with Crippen LogP contribution in [0.3, 0.4) is 0 Å². The number of hydrogen-bond acceptors (Lipinski definition) is 7. The second-order valence-corrected chi connectivity index (χ2v) is 5.66. The van der Waals surface area contributed by atoms with Crippen molar-refractivity contribution in [3.05, 3.63) is 24.4 Å². The van der Waals surface area contributed by atoms with E-state index in [4.69, 9.17) is 4.74 Å². The van der Waals surface area contributed by atoms with Crippen molar-refractivity contribution in [1.82, 2.24) is 19.3 Å². The Bertz CT molecular complexity index is 547. The largest absolute Gasteiger partial charge is 0.476 e. The van der Waals surface area contributed by atoms with E-state index in [0.717, 1.165) is 30.5 Å². The van der Waals surface area contributed by atoms with Gasteiger partial charge in [-0.2, -0.15) is 4.37 Å². The lowest BCUT2D eigenvalue weighted by Gasteiger charge is -2.31. The van der Waals surface area contributed by atoms with Crippen LogP contribution in [-0.4, -0.2) is 39.0 Å². The lowest BCUT2D eigenvalue weighted by Crippen LogP contribution is -2.37. The van der Waals surface area contributed by atoms with Crippen LogP contribution in [0.1, 0.15) is 18.7 Å². The predicted octanol–water partition coefficient (Wildman–Crippen LogP) is 1.93. The predicted molar refractivity (Wildman–Crippen MR) is 77.1 cm³/mol. The molecule has 0 N–H and O–H groups in total. The molecular weight excluding hydrogens is 274 g/mol.